The molecular formula is C16H17Cl2FN2. The number of nitrogens with one attached hydrogen (secondary N) is 1. The summed E-state index contributed by atoms with van der Waals surface area (Å²) in [6.45, 7) is 4.71. The largest absolute Gasteiger partial charge is 0.305 e. The second-order valence-electron chi connectivity index (χ2n) is 4.93. The lowest BCUT2D eigenvalue weighted by Crippen LogP contribution is -2.25. The first kappa shape index (κ1) is 16.2. The van der Waals surface area contributed by atoms with Crippen molar-refractivity contribution in [2.45, 2.75) is 26.3 Å². The first-order valence-corrected chi connectivity index (χ1v) is 7.59. The van der Waals surface area contributed by atoms with Crippen LogP contribution >= 0.6 is 23.2 Å². The molecule has 5 heteroatoms. The molecule has 0 fully saturated rings. The van der Waals surface area contributed by atoms with Crippen LogP contribution in [0.15, 0.2) is 30.5 Å². The van der Waals surface area contributed by atoms with Gasteiger partial charge in [-0.05, 0) is 32.0 Å². The fourth-order valence-electron chi connectivity index (χ4n) is 2.16. The number of hydrogen-bond acceptors (Lipinski definition) is 2. The average Bonchev–Trinajstić information content (AvgIpc) is 2.44. The molecule has 0 bridgehead atoms. The molecule has 1 N–H and O–H groups in total. The Balaban J connectivity index is 2.49. The van der Waals surface area contributed by atoms with E-state index < -0.39 is 6.04 Å². The summed E-state index contributed by atoms with van der Waals surface area (Å²) in [5.74, 6) is -0.276. The predicted molar refractivity (Wildman–Crippen MR) is 85.5 cm³/mol. The highest BCUT2D eigenvalue weighted by Gasteiger charge is 2.21. The van der Waals surface area contributed by atoms with Gasteiger partial charge in [-0.25, -0.2) is 4.39 Å². The van der Waals surface area contributed by atoms with Gasteiger partial charge in [0.15, 0.2) is 0 Å². The Morgan fingerprint density at radius 1 is 1.29 bits per heavy atom. The van der Waals surface area contributed by atoms with Crippen molar-refractivity contribution >= 4 is 23.2 Å². The monoisotopic (exact) mass is 326 g/mol. The minimum Gasteiger partial charge on any atom is -0.305 e. The van der Waals surface area contributed by atoms with E-state index in [4.69, 9.17) is 23.2 Å². The molecule has 1 unspecified atom stereocenters. The molecule has 0 saturated carbocycles. The van der Waals surface area contributed by atoms with Gasteiger partial charge in [-0.2, -0.15) is 0 Å². The summed E-state index contributed by atoms with van der Waals surface area (Å²) >= 11 is 12.1. The van der Waals surface area contributed by atoms with E-state index in [-0.39, 0.29) is 5.82 Å². The Morgan fingerprint density at radius 3 is 2.71 bits per heavy atom. The molecule has 0 aliphatic carbocycles. The van der Waals surface area contributed by atoms with E-state index in [9.17, 15) is 4.39 Å². The van der Waals surface area contributed by atoms with Crippen LogP contribution in [0.5, 0.6) is 0 Å². The number of rotatable bonds is 5. The standard InChI is InChI=1S/C16H17Cl2FN2/c1-3-6-20-15(12-7-10(2)4-5-14(12)19)16-13(18)8-11(17)9-21-16/h4-5,7-9,15,20H,3,6H2,1-2H3. The van der Waals surface area contributed by atoms with Gasteiger partial charge in [-0.15, -0.1) is 0 Å². The first-order chi connectivity index (χ1) is 10.0. The molecule has 112 valence electrons. The van der Waals surface area contributed by atoms with Crippen molar-refractivity contribution in [3.05, 3.63) is 63.1 Å². The second-order valence-corrected chi connectivity index (χ2v) is 5.78. The molecule has 2 rings (SSSR count). The third kappa shape index (κ3) is 3.94. The van der Waals surface area contributed by atoms with Crippen molar-refractivity contribution in [1.29, 1.82) is 0 Å². The molecule has 0 aliphatic rings. The van der Waals surface area contributed by atoms with Gasteiger partial charge in [0.2, 0.25) is 0 Å². The maximum atomic E-state index is 14.2. The number of benzene rings is 1. The number of aromatic nitrogens is 1. The zero-order chi connectivity index (χ0) is 15.4. The lowest BCUT2D eigenvalue weighted by molar-refractivity contribution is 0.539. The summed E-state index contributed by atoms with van der Waals surface area (Å²) in [6, 6.07) is 6.26. The summed E-state index contributed by atoms with van der Waals surface area (Å²) in [6.07, 6.45) is 2.45. The minimum absolute atomic E-state index is 0.276. The third-order valence-corrected chi connectivity index (χ3v) is 3.68. The molecule has 0 aliphatic heterocycles. The zero-order valence-corrected chi connectivity index (χ0v) is 13.5. The van der Waals surface area contributed by atoms with Crippen molar-refractivity contribution in [2.75, 3.05) is 6.54 Å². The van der Waals surface area contributed by atoms with Gasteiger partial charge in [0.05, 0.1) is 21.8 Å². The van der Waals surface area contributed by atoms with Gasteiger partial charge < -0.3 is 5.32 Å². The number of hydrogen-bond donors (Lipinski definition) is 1. The SMILES string of the molecule is CCCNC(c1cc(C)ccc1F)c1ncc(Cl)cc1Cl. The lowest BCUT2D eigenvalue weighted by Gasteiger charge is -2.20. The van der Waals surface area contributed by atoms with Crippen molar-refractivity contribution < 1.29 is 4.39 Å². The van der Waals surface area contributed by atoms with Crippen LogP contribution in [0.2, 0.25) is 10.0 Å². The van der Waals surface area contributed by atoms with E-state index in [0.717, 1.165) is 18.5 Å². The van der Waals surface area contributed by atoms with E-state index in [0.29, 0.717) is 21.3 Å². The van der Waals surface area contributed by atoms with Crippen molar-refractivity contribution in [3.63, 3.8) is 0 Å². The maximum absolute atomic E-state index is 14.2. The Kier molecular flexibility index (Phi) is 5.57. The summed E-state index contributed by atoms with van der Waals surface area (Å²) < 4.78 is 14.2. The summed E-state index contributed by atoms with van der Waals surface area (Å²) in [5, 5.41) is 4.19. The second kappa shape index (κ2) is 7.21. The van der Waals surface area contributed by atoms with E-state index >= 15 is 0 Å². The summed E-state index contributed by atoms with van der Waals surface area (Å²) in [7, 11) is 0. The molecule has 21 heavy (non-hydrogen) atoms. The fourth-order valence-corrected chi connectivity index (χ4v) is 2.65. The predicted octanol–water partition coefficient (Wildman–Crippen LogP) is 4.92. The normalized spacial score (nSPS) is 12.4. The highest BCUT2D eigenvalue weighted by molar-refractivity contribution is 6.34. The smallest absolute Gasteiger partial charge is 0.128 e. The van der Waals surface area contributed by atoms with Crippen LogP contribution in [0.25, 0.3) is 0 Å². The first-order valence-electron chi connectivity index (χ1n) is 6.83. The van der Waals surface area contributed by atoms with Gasteiger partial charge >= 0.3 is 0 Å². The zero-order valence-electron chi connectivity index (χ0n) is 12.0. The van der Waals surface area contributed by atoms with Gasteiger partial charge in [-0.1, -0.05) is 47.8 Å². The van der Waals surface area contributed by atoms with E-state index in [1.165, 1.54) is 12.3 Å². The molecule has 1 atom stereocenters. The fraction of sp³-hybridized carbons (Fsp3) is 0.312. The van der Waals surface area contributed by atoms with Crippen LogP contribution in [0.4, 0.5) is 4.39 Å². The summed E-state index contributed by atoms with van der Waals surface area (Å²) in [4.78, 5) is 4.29. The van der Waals surface area contributed by atoms with Crippen molar-refractivity contribution in [1.82, 2.24) is 10.3 Å². The van der Waals surface area contributed by atoms with Gasteiger partial charge in [0.1, 0.15) is 5.82 Å². The number of nitrogens with zero attached hydrogens (tertiary/aromatic N) is 1. The van der Waals surface area contributed by atoms with Crippen LogP contribution in [0.1, 0.15) is 36.2 Å². The molecule has 0 radical (unpaired) electrons. The van der Waals surface area contributed by atoms with Crippen LogP contribution in [0, 0.1) is 12.7 Å². The quantitative estimate of drug-likeness (QED) is 0.843. The van der Waals surface area contributed by atoms with Crippen molar-refractivity contribution in [2.24, 2.45) is 0 Å². The molecule has 0 saturated heterocycles. The number of pyridine rings is 1. The molecule has 2 aromatic rings. The highest BCUT2D eigenvalue weighted by atomic mass is 35.5. The minimum atomic E-state index is -0.394. The Morgan fingerprint density at radius 2 is 2.05 bits per heavy atom. The molecular weight excluding hydrogens is 310 g/mol. The van der Waals surface area contributed by atoms with Crippen LogP contribution < -0.4 is 5.32 Å². The Bertz CT molecular complexity index is 632. The molecule has 1 aromatic heterocycles. The highest BCUT2D eigenvalue weighted by Crippen LogP contribution is 2.30. The number of halogens is 3. The van der Waals surface area contributed by atoms with Gasteiger partial charge in [0, 0.05) is 11.8 Å². The van der Waals surface area contributed by atoms with E-state index in [2.05, 4.69) is 10.3 Å². The van der Waals surface area contributed by atoms with E-state index in [1.807, 2.05) is 19.9 Å². The lowest BCUT2D eigenvalue weighted by atomic mass is 10.00. The molecule has 1 aromatic carbocycles. The van der Waals surface area contributed by atoms with Crippen LogP contribution in [0.3, 0.4) is 0 Å². The molecule has 0 spiro atoms. The van der Waals surface area contributed by atoms with E-state index in [1.54, 1.807) is 12.1 Å². The summed E-state index contributed by atoms with van der Waals surface area (Å²) in [5.41, 5.74) is 2.11. The Labute approximate surface area is 134 Å². The average molecular weight is 327 g/mol. The third-order valence-electron chi connectivity index (χ3n) is 3.17. The molecule has 1 heterocycles. The number of aryl methyl sites for hydroxylation is 1. The maximum Gasteiger partial charge on any atom is 0.128 e. The van der Waals surface area contributed by atoms with Crippen LogP contribution in [-0.4, -0.2) is 11.5 Å². The van der Waals surface area contributed by atoms with Gasteiger partial charge in [-0.3, -0.25) is 4.98 Å². The molecule has 2 nitrogen and oxygen atoms in total. The topological polar surface area (TPSA) is 24.9 Å². The van der Waals surface area contributed by atoms with Crippen molar-refractivity contribution in [3.8, 4) is 0 Å². The molecule has 0 amide bonds. The Hall–Kier alpha value is -1.16. The van der Waals surface area contributed by atoms with Crippen LogP contribution in [-0.2, 0) is 0 Å². The van der Waals surface area contributed by atoms with Gasteiger partial charge in [0.25, 0.3) is 0 Å².